The van der Waals surface area contributed by atoms with Crippen molar-refractivity contribution in [2.75, 3.05) is 0 Å². The number of para-hydroxylation sites is 4. The Morgan fingerprint density at radius 1 is 0.333 bits per heavy atom. The van der Waals surface area contributed by atoms with E-state index in [9.17, 15) is 19.2 Å². The van der Waals surface area contributed by atoms with Crippen LogP contribution < -0.4 is 21.7 Å². The number of hydrogen-bond donors (Lipinski definition) is 0. The van der Waals surface area contributed by atoms with E-state index in [0.717, 1.165) is 38.8 Å². The number of pyridine rings is 4. The van der Waals surface area contributed by atoms with E-state index in [0.29, 0.717) is 69.7 Å². The lowest BCUT2D eigenvalue weighted by Crippen LogP contribution is -2.14. The van der Waals surface area contributed by atoms with Crippen molar-refractivity contribution in [3.63, 3.8) is 0 Å². The molecule has 0 atom stereocenters. The zero-order valence-corrected chi connectivity index (χ0v) is 30.5. The molecule has 0 saturated carbocycles. The second kappa shape index (κ2) is 11.5. The quantitative estimate of drug-likeness (QED) is 0.132. The van der Waals surface area contributed by atoms with Crippen LogP contribution in [0.1, 0.15) is 0 Å². The van der Waals surface area contributed by atoms with E-state index in [2.05, 4.69) is 10.2 Å². The van der Waals surface area contributed by atoms with Crippen LogP contribution in [0.5, 0.6) is 0 Å². The average molecular weight is 753 g/mol. The SMILES string of the molecule is O=c1c2ccccc2n2c3ccc(-c4nnc(-c5ccc(-c6cc7c(=O)c8ccccc8n8c9ccccc9c(=O)c(c6)c78)cc5)s4)cc3c(=O)c3cccc1c32. The second-order valence-corrected chi connectivity index (χ2v) is 15.4. The molecule has 5 heterocycles. The van der Waals surface area contributed by atoms with Crippen molar-refractivity contribution in [1.29, 1.82) is 0 Å². The molecule has 7 aromatic carbocycles. The van der Waals surface area contributed by atoms with E-state index >= 15 is 0 Å². The lowest BCUT2D eigenvalue weighted by molar-refractivity contribution is 1.10. The highest BCUT2D eigenvalue weighted by Crippen LogP contribution is 2.36. The van der Waals surface area contributed by atoms with Gasteiger partial charge in [0.05, 0.1) is 33.1 Å². The molecule has 9 heteroatoms. The molecule has 0 bridgehead atoms. The topological polar surface area (TPSA) is 103 Å². The fourth-order valence-corrected chi connectivity index (χ4v) is 9.60. The lowest BCUT2D eigenvalue weighted by atomic mass is 9.96. The Hall–Kier alpha value is -7.62. The highest BCUT2D eigenvalue weighted by molar-refractivity contribution is 7.17. The first-order valence-electron chi connectivity index (χ1n) is 18.4. The Balaban J connectivity index is 0.965. The first-order valence-corrected chi connectivity index (χ1v) is 19.2. The Kier molecular flexibility index (Phi) is 6.37. The van der Waals surface area contributed by atoms with Gasteiger partial charge in [0.25, 0.3) is 0 Å². The Morgan fingerprint density at radius 3 is 1.28 bits per heavy atom. The Morgan fingerprint density at radius 2 is 0.719 bits per heavy atom. The summed E-state index contributed by atoms with van der Waals surface area (Å²) < 4.78 is 4.06. The number of fused-ring (bicyclic) bond motifs is 8. The van der Waals surface area contributed by atoms with Gasteiger partial charge in [-0.05, 0) is 90.0 Å². The molecule has 0 aliphatic carbocycles. The summed E-state index contributed by atoms with van der Waals surface area (Å²) in [6, 6.07) is 45.2. The number of aromatic nitrogens is 4. The monoisotopic (exact) mass is 752 g/mol. The van der Waals surface area contributed by atoms with Gasteiger partial charge >= 0.3 is 0 Å². The maximum absolute atomic E-state index is 14.0. The molecule has 0 spiro atoms. The maximum Gasteiger partial charge on any atom is 0.197 e. The molecule has 5 aromatic heterocycles. The summed E-state index contributed by atoms with van der Waals surface area (Å²) >= 11 is 1.42. The van der Waals surface area contributed by atoms with Crippen molar-refractivity contribution in [2.24, 2.45) is 0 Å². The fraction of sp³-hybridized carbons (Fsp3) is 0. The van der Waals surface area contributed by atoms with Crippen molar-refractivity contribution in [3.8, 4) is 32.3 Å². The summed E-state index contributed by atoms with van der Waals surface area (Å²) in [6.45, 7) is 0. The third-order valence-corrected chi connectivity index (χ3v) is 12.4. The van der Waals surface area contributed by atoms with Gasteiger partial charge < -0.3 is 8.80 Å². The predicted octanol–water partition coefficient (Wildman–Crippen LogP) is 9.28. The molecule has 8 nitrogen and oxygen atoms in total. The van der Waals surface area contributed by atoms with Crippen LogP contribution in [0.2, 0.25) is 0 Å². The van der Waals surface area contributed by atoms with Crippen LogP contribution in [-0.2, 0) is 0 Å². The highest BCUT2D eigenvalue weighted by atomic mass is 32.1. The van der Waals surface area contributed by atoms with Gasteiger partial charge in [-0.2, -0.15) is 0 Å². The molecule has 0 saturated heterocycles. The summed E-state index contributed by atoms with van der Waals surface area (Å²) in [5.41, 5.74) is 7.01. The first-order chi connectivity index (χ1) is 27.9. The second-order valence-electron chi connectivity index (χ2n) is 14.4. The van der Waals surface area contributed by atoms with Crippen molar-refractivity contribution in [1.82, 2.24) is 19.0 Å². The molecule has 0 unspecified atom stereocenters. The molecule has 0 aliphatic heterocycles. The zero-order chi connectivity index (χ0) is 38.1. The average Bonchev–Trinajstić information content (AvgIpc) is 3.76. The molecule has 266 valence electrons. The van der Waals surface area contributed by atoms with E-state index < -0.39 is 0 Å². The number of benzene rings is 7. The number of rotatable bonds is 3. The normalized spacial score (nSPS) is 12.1. The van der Waals surface area contributed by atoms with Crippen LogP contribution in [0, 0.1) is 0 Å². The Bertz CT molecular complexity index is 3860. The predicted molar refractivity (Wildman–Crippen MR) is 231 cm³/mol. The summed E-state index contributed by atoms with van der Waals surface area (Å²) in [4.78, 5) is 55.4. The fourth-order valence-electron chi connectivity index (χ4n) is 8.75. The number of nitrogens with zero attached hydrogens (tertiary/aromatic N) is 4. The summed E-state index contributed by atoms with van der Waals surface area (Å²) in [7, 11) is 0. The molecule has 0 radical (unpaired) electrons. The molecular formula is C48H24N4O4S. The molecule has 57 heavy (non-hydrogen) atoms. The van der Waals surface area contributed by atoms with E-state index in [1.807, 2.05) is 136 Å². The molecule has 0 fully saturated rings. The van der Waals surface area contributed by atoms with Crippen molar-refractivity contribution in [3.05, 3.63) is 186 Å². The third kappa shape index (κ3) is 4.31. The maximum atomic E-state index is 14.0. The van der Waals surface area contributed by atoms with Gasteiger partial charge in [-0.25, -0.2) is 0 Å². The van der Waals surface area contributed by atoms with E-state index in [4.69, 9.17) is 0 Å². The zero-order valence-electron chi connectivity index (χ0n) is 29.7. The highest BCUT2D eigenvalue weighted by Gasteiger charge is 2.20. The van der Waals surface area contributed by atoms with Crippen molar-refractivity contribution >= 4 is 87.5 Å². The van der Waals surface area contributed by atoms with E-state index in [1.165, 1.54) is 11.3 Å². The summed E-state index contributed by atoms with van der Waals surface area (Å²) in [5.74, 6) is 0. The van der Waals surface area contributed by atoms with Crippen LogP contribution in [0.25, 0.3) is 108 Å². The van der Waals surface area contributed by atoms with E-state index in [-0.39, 0.29) is 21.7 Å². The van der Waals surface area contributed by atoms with Gasteiger partial charge in [-0.3, -0.25) is 19.2 Å². The van der Waals surface area contributed by atoms with Crippen LogP contribution >= 0.6 is 11.3 Å². The van der Waals surface area contributed by atoms with Crippen LogP contribution in [0.4, 0.5) is 0 Å². The minimum atomic E-state index is -0.145. The molecule has 0 amide bonds. The minimum absolute atomic E-state index is 0.0905. The number of hydrogen-bond acceptors (Lipinski definition) is 7. The van der Waals surface area contributed by atoms with Crippen molar-refractivity contribution in [2.45, 2.75) is 0 Å². The van der Waals surface area contributed by atoms with E-state index in [1.54, 1.807) is 18.2 Å². The first kappa shape index (κ1) is 31.7. The molecule has 0 aliphatic rings. The van der Waals surface area contributed by atoms with Gasteiger partial charge in [-0.1, -0.05) is 78.1 Å². The summed E-state index contributed by atoms with van der Waals surface area (Å²) in [5, 5.41) is 14.7. The minimum Gasteiger partial charge on any atom is -0.308 e. The largest absolute Gasteiger partial charge is 0.308 e. The van der Waals surface area contributed by atoms with Gasteiger partial charge in [-0.15, -0.1) is 10.2 Å². The van der Waals surface area contributed by atoms with Crippen LogP contribution in [0.15, 0.2) is 165 Å². The third-order valence-electron chi connectivity index (χ3n) is 11.4. The smallest absolute Gasteiger partial charge is 0.197 e. The van der Waals surface area contributed by atoms with Crippen LogP contribution in [-0.4, -0.2) is 19.0 Å². The lowest BCUT2D eigenvalue weighted by Gasteiger charge is -2.15. The Labute approximate surface area is 324 Å². The summed E-state index contributed by atoms with van der Waals surface area (Å²) in [6.07, 6.45) is 0. The molecule has 0 N–H and O–H groups in total. The van der Waals surface area contributed by atoms with Gasteiger partial charge in [0.2, 0.25) is 0 Å². The van der Waals surface area contributed by atoms with Gasteiger partial charge in [0.15, 0.2) is 21.7 Å². The van der Waals surface area contributed by atoms with Crippen LogP contribution in [0.3, 0.4) is 0 Å². The molecular weight excluding hydrogens is 729 g/mol. The standard InChI is InChI=1S/C48H24N4O4S/c53-43-29-8-1-4-13-37(29)52-40-21-20-27(22-34(40)46(56)33-12-7-11-32(43)41(33)52)48-50-49-47(57-48)26-18-16-25(17-19-26)28-23-35-42-36(24-28)45(55)31-10-3-6-15-39(31)51(42)38-14-5-2-9-30(38)44(35)54/h1-24H. The van der Waals surface area contributed by atoms with Gasteiger partial charge in [0.1, 0.15) is 10.0 Å². The molecule has 12 rings (SSSR count). The molecule has 12 aromatic rings. The van der Waals surface area contributed by atoms with Gasteiger partial charge in [0, 0.05) is 54.2 Å². The van der Waals surface area contributed by atoms with Crippen molar-refractivity contribution < 1.29 is 0 Å².